The molecule has 0 bridgehead atoms. The van der Waals surface area contributed by atoms with Crippen LogP contribution in [0.25, 0.3) is 0 Å². The molecule has 7 heteroatoms. The second-order valence-corrected chi connectivity index (χ2v) is 20.8. The molecule has 0 unspecified atom stereocenters. The third-order valence-corrected chi connectivity index (χ3v) is 12.6. The Balaban J connectivity index is -0.0000205. The highest BCUT2D eigenvalue weighted by Gasteiger charge is 2.11. The van der Waals surface area contributed by atoms with Gasteiger partial charge in [-0.25, -0.2) is 4.57 Å². The fourth-order valence-corrected chi connectivity index (χ4v) is 7.72. The Labute approximate surface area is 415 Å². The van der Waals surface area contributed by atoms with Crippen LogP contribution in [0.4, 0.5) is 0 Å². The van der Waals surface area contributed by atoms with E-state index in [1.807, 2.05) is 6.92 Å². The first-order valence-corrected chi connectivity index (χ1v) is 26.8. The summed E-state index contributed by atoms with van der Waals surface area (Å²) in [5.41, 5.74) is 17.4. The van der Waals surface area contributed by atoms with Crippen LogP contribution in [0.15, 0.2) is 140 Å². The second kappa shape index (κ2) is 43.0. The molecule has 0 rings (SSSR count). The van der Waals surface area contributed by atoms with Crippen LogP contribution in [0.2, 0.25) is 0 Å². The van der Waals surface area contributed by atoms with Crippen LogP contribution in [-0.4, -0.2) is 16.4 Å². The Bertz CT molecular complexity index is 1780. The first kappa shape index (κ1) is 68.2. The normalized spacial score (nSPS) is 14.6. The van der Waals surface area contributed by atoms with Crippen molar-refractivity contribution >= 4 is 7.82 Å². The van der Waals surface area contributed by atoms with Gasteiger partial charge in [0.1, 0.15) is 0 Å². The molecule has 0 aromatic heterocycles. The Hall–Kier alpha value is -3.09. The van der Waals surface area contributed by atoms with E-state index in [1.165, 1.54) is 87.0 Å². The van der Waals surface area contributed by atoms with Gasteiger partial charge < -0.3 is 22.1 Å². The van der Waals surface area contributed by atoms with Gasteiger partial charge in [-0.05, 0) is 231 Å². The monoisotopic (exact) mass is 949 g/mol. The summed E-state index contributed by atoms with van der Waals surface area (Å²) in [7, 11) is -4.40. The molecule has 0 aliphatic carbocycles. The number of hydrogen-bond acceptors (Lipinski definition) is 4. The standard InChI is InChI=1S/C60H99O4P.2H3N/c1-49(2)25-14-26-50(3)27-15-28-51(4)29-16-30-52(5)31-17-32-53(6)33-18-34-54(7)35-19-36-55(8)37-20-38-56(9)39-21-40-57(10)41-22-42-58(11)43-23-44-59(12)45-24-46-60(13)47-48-64-65(61,62)63;;/h25,27,29,31,33,35,37,39,41,43,45,47H,14-24,26,28,30,32,34,36,38,40,42,44,46,48H2,1-13H3,(H2,61,62,63);2*1H3/b50-27-,51-29-,52-31-,53-33-,54-35-,55-37-,56-39-,57-41-,58-43-,59-45-,60-47-;;. The maximum Gasteiger partial charge on any atom is 0.469 e. The van der Waals surface area contributed by atoms with E-state index in [2.05, 4.69) is 154 Å². The molecule has 384 valence electrons. The highest BCUT2D eigenvalue weighted by molar-refractivity contribution is 7.46. The number of phosphoric ester groups is 1. The van der Waals surface area contributed by atoms with E-state index >= 15 is 0 Å². The van der Waals surface area contributed by atoms with Gasteiger partial charge in [0.25, 0.3) is 0 Å². The Morgan fingerprint density at radius 2 is 0.448 bits per heavy atom. The van der Waals surface area contributed by atoms with Gasteiger partial charge in [0.05, 0.1) is 6.61 Å². The lowest BCUT2D eigenvalue weighted by Crippen LogP contribution is -1.89. The quantitative estimate of drug-likeness (QED) is 0.0365. The maximum absolute atomic E-state index is 10.8. The molecular formula is C60H105N2O4P. The van der Waals surface area contributed by atoms with Crippen molar-refractivity contribution in [2.24, 2.45) is 0 Å². The summed E-state index contributed by atoms with van der Waals surface area (Å²) in [4.78, 5) is 17.6. The molecule has 6 nitrogen and oxygen atoms in total. The highest BCUT2D eigenvalue weighted by Crippen LogP contribution is 2.35. The lowest BCUT2D eigenvalue weighted by Gasteiger charge is -2.04. The van der Waals surface area contributed by atoms with E-state index < -0.39 is 7.82 Å². The van der Waals surface area contributed by atoms with Gasteiger partial charge >= 0.3 is 7.82 Å². The molecule has 0 fully saturated rings. The molecule has 0 saturated carbocycles. The third-order valence-electron chi connectivity index (χ3n) is 12.1. The van der Waals surface area contributed by atoms with Crippen molar-refractivity contribution in [3.05, 3.63) is 140 Å². The number of hydrogen-bond donors (Lipinski definition) is 4. The molecule has 0 saturated heterocycles. The SMILES string of the molecule is CC(C)=CCC/C(C)=C\CC/C(C)=C\CC/C(C)=C\CC/C(C)=C\CC/C(C)=C\CC/C(C)=C\CC/C(C)=C\CC/C(C)=C\CC/C(C)=C\CC/C(C)=C\CC/C(C)=C\COP(=O)(O)O.N.N. The summed E-state index contributed by atoms with van der Waals surface area (Å²) in [5, 5.41) is 0. The average Bonchev–Trinajstić information content (AvgIpc) is 3.20. The molecule has 0 aliphatic heterocycles. The summed E-state index contributed by atoms with van der Waals surface area (Å²) in [5.74, 6) is 0. The van der Waals surface area contributed by atoms with Crippen molar-refractivity contribution in [2.75, 3.05) is 6.61 Å². The van der Waals surface area contributed by atoms with Crippen LogP contribution in [0, 0.1) is 0 Å². The van der Waals surface area contributed by atoms with Crippen LogP contribution < -0.4 is 12.3 Å². The summed E-state index contributed by atoms with van der Waals surface area (Å²) >= 11 is 0. The molecule has 0 heterocycles. The van der Waals surface area contributed by atoms with Gasteiger partial charge in [-0.3, -0.25) is 4.52 Å². The molecule has 8 N–H and O–H groups in total. The van der Waals surface area contributed by atoms with Crippen molar-refractivity contribution in [3.8, 4) is 0 Å². The van der Waals surface area contributed by atoms with E-state index in [1.54, 1.807) is 6.08 Å². The van der Waals surface area contributed by atoms with Gasteiger partial charge in [0.2, 0.25) is 0 Å². The Kier molecular flexibility index (Phi) is 43.7. The minimum Gasteiger partial charge on any atom is -0.344 e. The Morgan fingerprint density at radius 1 is 0.299 bits per heavy atom. The molecule has 0 aromatic carbocycles. The zero-order chi connectivity index (χ0) is 48.9. The maximum atomic E-state index is 10.8. The minimum absolute atomic E-state index is 0. The number of allylic oxidation sites excluding steroid dienone is 23. The van der Waals surface area contributed by atoms with Crippen molar-refractivity contribution < 1.29 is 18.9 Å². The first-order valence-electron chi connectivity index (χ1n) is 25.3. The molecule has 0 spiro atoms. The molecule has 67 heavy (non-hydrogen) atoms. The van der Waals surface area contributed by atoms with Crippen LogP contribution >= 0.6 is 7.82 Å². The molecule has 0 radical (unpaired) electrons. The van der Waals surface area contributed by atoms with Crippen molar-refractivity contribution in [1.29, 1.82) is 0 Å². The molecular weight excluding hydrogens is 844 g/mol. The van der Waals surface area contributed by atoms with Gasteiger partial charge in [0, 0.05) is 0 Å². The van der Waals surface area contributed by atoms with E-state index in [4.69, 9.17) is 9.79 Å². The topological polar surface area (TPSA) is 137 Å². The minimum atomic E-state index is -4.40. The van der Waals surface area contributed by atoms with E-state index in [9.17, 15) is 4.57 Å². The molecule has 0 aliphatic rings. The summed E-state index contributed by atoms with van der Waals surface area (Å²) in [6, 6.07) is 0. The average molecular weight is 949 g/mol. The van der Waals surface area contributed by atoms with E-state index in [0.717, 1.165) is 121 Å². The third kappa shape index (κ3) is 47.8. The molecule has 0 atom stereocenters. The molecule has 0 amide bonds. The molecule has 0 aromatic rings. The second-order valence-electron chi connectivity index (χ2n) is 19.5. The van der Waals surface area contributed by atoms with Gasteiger partial charge in [-0.2, -0.15) is 0 Å². The van der Waals surface area contributed by atoms with Crippen molar-refractivity contribution in [3.63, 3.8) is 0 Å². The largest absolute Gasteiger partial charge is 0.469 e. The lowest BCUT2D eigenvalue weighted by atomic mass is 10.0. The lowest BCUT2D eigenvalue weighted by molar-refractivity contribution is 0.215. The predicted octanol–water partition coefficient (Wildman–Crippen LogP) is 20.4. The number of phosphoric acid groups is 1. The van der Waals surface area contributed by atoms with Crippen LogP contribution in [-0.2, 0) is 9.09 Å². The summed E-state index contributed by atoms with van der Waals surface area (Å²) in [6.07, 6.45) is 52.9. The van der Waals surface area contributed by atoms with Crippen LogP contribution in [0.3, 0.4) is 0 Å². The van der Waals surface area contributed by atoms with E-state index in [0.29, 0.717) is 0 Å². The predicted molar refractivity (Wildman–Crippen MR) is 300 cm³/mol. The summed E-state index contributed by atoms with van der Waals surface area (Å²) < 4.78 is 15.3. The highest BCUT2D eigenvalue weighted by atomic mass is 31.2. The first-order chi connectivity index (χ1) is 30.7. The summed E-state index contributed by atoms with van der Waals surface area (Å²) in [6.45, 7) is 29.0. The van der Waals surface area contributed by atoms with E-state index in [-0.39, 0.29) is 18.9 Å². The Morgan fingerprint density at radius 3 is 0.597 bits per heavy atom. The van der Waals surface area contributed by atoms with Crippen LogP contribution in [0.1, 0.15) is 231 Å². The van der Waals surface area contributed by atoms with Gasteiger partial charge in [-0.1, -0.05) is 140 Å². The van der Waals surface area contributed by atoms with Crippen LogP contribution in [0.5, 0.6) is 0 Å². The fourth-order valence-electron chi connectivity index (χ4n) is 7.45. The van der Waals surface area contributed by atoms with Gasteiger partial charge in [0.15, 0.2) is 0 Å². The fraction of sp³-hybridized carbons (Fsp3) is 0.600. The van der Waals surface area contributed by atoms with Gasteiger partial charge in [-0.15, -0.1) is 0 Å². The van der Waals surface area contributed by atoms with Crippen molar-refractivity contribution in [2.45, 2.75) is 231 Å². The zero-order valence-corrected chi connectivity index (χ0v) is 46.7. The number of rotatable bonds is 36. The zero-order valence-electron chi connectivity index (χ0n) is 45.8. The smallest absolute Gasteiger partial charge is 0.344 e. The van der Waals surface area contributed by atoms with Crippen molar-refractivity contribution in [1.82, 2.24) is 12.3 Å².